The molecule has 6 heteroatoms. The molecule has 2 unspecified atom stereocenters. The summed E-state index contributed by atoms with van der Waals surface area (Å²) >= 11 is 3.35. The molecule has 0 spiro atoms. The number of rotatable bonds is 3. The zero-order valence-electron chi connectivity index (χ0n) is 11.0. The van der Waals surface area contributed by atoms with Crippen molar-refractivity contribution in [1.82, 2.24) is 4.31 Å². The summed E-state index contributed by atoms with van der Waals surface area (Å²) in [6.45, 7) is 4.58. The first kappa shape index (κ1) is 15.0. The van der Waals surface area contributed by atoms with Crippen LogP contribution in [0.4, 0.5) is 0 Å². The molecule has 0 bridgehead atoms. The molecule has 0 amide bonds. The van der Waals surface area contributed by atoms with Crippen LogP contribution in [0.5, 0.6) is 0 Å². The maximum atomic E-state index is 12.6. The summed E-state index contributed by atoms with van der Waals surface area (Å²) in [5.74, 6) is 0. The van der Waals surface area contributed by atoms with Crippen LogP contribution in [-0.2, 0) is 14.8 Å². The van der Waals surface area contributed by atoms with Gasteiger partial charge in [0.05, 0.1) is 17.1 Å². The highest BCUT2D eigenvalue weighted by molar-refractivity contribution is 9.09. The average Bonchev–Trinajstić information content (AvgIpc) is 2.38. The van der Waals surface area contributed by atoms with E-state index in [1.54, 1.807) is 18.2 Å². The number of aryl methyl sites for hydroxylation is 1. The van der Waals surface area contributed by atoms with Crippen molar-refractivity contribution in [3.63, 3.8) is 0 Å². The van der Waals surface area contributed by atoms with Crippen molar-refractivity contribution in [1.29, 1.82) is 0 Å². The Labute approximate surface area is 122 Å². The first-order valence-electron chi connectivity index (χ1n) is 6.21. The minimum Gasteiger partial charge on any atom is -0.372 e. The zero-order chi connectivity index (χ0) is 14.0. The van der Waals surface area contributed by atoms with Crippen molar-refractivity contribution in [2.24, 2.45) is 0 Å². The molecule has 0 N–H and O–H groups in total. The van der Waals surface area contributed by atoms with E-state index in [-0.39, 0.29) is 12.2 Å². The molecular weight excluding hydrogens is 330 g/mol. The van der Waals surface area contributed by atoms with Crippen LogP contribution >= 0.6 is 15.9 Å². The largest absolute Gasteiger partial charge is 0.372 e. The summed E-state index contributed by atoms with van der Waals surface area (Å²) in [7, 11) is -3.43. The quantitative estimate of drug-likeness (QED) is 0.787. The zero-order valence-corrected chi connectivity index (χ0v) is 13.4. The summed E-state index contributed by atoms with van der Waals surface area (Å²) in [4.78, 5) is 0.356. The SMILES string of the molecule is Cc1cccc(S(=O)(=O)N2CC(C)OC(CBr)C2)c1. The van der Waals surface area contributed by atoms with Crippen molar-refractivity contribution < 1.29 is 13.2 Å². The molecule has 1 saturated heterocycles. The second-order valence-corrected chi connectivity index (χ2v) is 7.45. The molecule has 0 aromatic heterocycles. The maximum Gasteiger partial charge on any atom is 0.243 e. The highest BCUT2D eigenvalue weighted by Gasteiger charge is 2.33. The maximum absolute atomic E-state index is 12.6. The van der Waals surface area contributed by atoms with Gasteiger partial charge < -0.3 is 4.74 Å². The normalized spacial score (nSPS) is 25.4. The van der Waals surface area contributed by atoms with Crippen LogP contribution in [0, 0.1) is 6.92 Å². The molecule has 1 aliphatic heterocycles. The van der Waals surface area contributed by atoms with E-state index in [0.29, 0.717) is 23.3 Å². The van der Waals surface area contributed by atoms with Gasteiger partial charge in [-0.1, -0.05) is 28.1 Å². The summed E-state index contributed by atoms with van der Waals surface area (Å²) in [5, 5.41) is 0.636. The standard InChI is InChI=1S/C13H18BrNO3S/c1-10-4-3-5-13(6-10)19(16,17)15-8-11(2)18-12(7-14)9-15/h3-6,11-12H,7-9H2,1-2H3. The van der Waals surface area contributed by atoms with Crippen molar-refractivity contribution in [2.45, 2.75) is 31.0 Å². The highest BCUT2D eigenvalue weighted by atomic mass is 79.9. The molecule has 1 fully saturated rings. The van der Waals surface area contributed by atoms with Crippen LogP contribution in [0.15, 0.2) is 29.2 Å². The van der Waals surface area contributed by atoms with Crippen molar-refractivity contribution in [3.05, 3.63) is 29.8 Å². The lowest BCUT2D eigenvalue weighted by Crippen LogP contribution is -2.49. The molecular formula is C13H18BrNO3S. The van der Waals surface area contributed by atoms with Crippen LogP contribution < -0.4 is 0 Å². The van der Waals surface area contributed by atoms with E-state index in [4.69, 9.17) is 4.74 Å². The number of halogens is 1. The summed E-state index contributed by atoms with van der Waals surface area (Å²) in [6, 6.07) is 7.01. The van der Waals surface area contributed by atoms with Crippen molar-refractivity contribution in [2.75, 3.05) is 18.4 Å². The molecule has 2 atom stereocenters. The van der Waals surface area contributed by atoms with Crippen LogP contribution in [0.3, 0.4) is 0 Å². The second-order valence-electron chi connectivity index (χ2n) is 4.86. The molecule has 0 radical (unpaired) electrons. The van der Waals surface area contributed by atoms with E-state index in [9.17, 15) is 8.42 Å². The number of ether oxygens (including phenoxy) is 1. The van der Waals surface area contributed by atoms with E-state index in [1.807, 2.05) is 19.9 Å². The van der Waals surface area contributed by atoms with Gasteiger partial charge in [-0.15, -0.1) is 0 Å². The first-order chi connectivity index (χ1) is 8.93. The molecule has 1 aromatic carbocycles. The van der Waals surface area contributed by atoms with E-state index < -0.39 is 10.0 Å². The number of hydrogen-bond acceptors (Lipinski definition) is 3. The lowest BCUT2D eigenvalue weighted by molar-refractivity contribution is -0.0411. The highest BCUT2D eigenvalue weighted by Crippen LogP contribution is 2.22. The van der Waals surface area contributed by atoms with Crippen LogP contribution in [0.25, 0.3) is 0 Å². The number of hydrogen-bond donors (Lipinski definition) is 0. The third-order valence-corrected chi connectivity index (χ3v) is 5.64. The summed E-state index contributed by atoms with van der Waals surface area (Å²) in [6.07, 6.45) is -0.181. The average molecular weight is 348 g/mol. The fraction of sp³-hybridized carbons (Fsp3) is 0.538. The minimum atomic E-state index is -3.43. The van der Waals surface area contributed by atoms with Crippen LogP contribution in [0.1, 0.15) is 12.5 Å². The first-order valence-corrected chi connectivity index (χ1v) is 8.78. The monoisotopic (exact) mass is 347 g/mol. The fourth-order valence-electron chi connectivity index (χ4n) is 2.21. The second kappa shape index (κ2) is 5.91. The molecule has 1 aliphatic rings. The van der Waals surface area contributed by atoms with Gasteiger partial charge in [-0.05, 0) is 31.5 Å². The van der Waals surface area contributed by atoms with Crippen LogP contribution in [-0.4, -0.2) is 43.4 Å². The van der Waals surface area contributed by atoms with Gasteiger partial charge in [0.15, 0.2) is 0 Å². The van der Waals surface area contributed by atoms with E-state index in [1.165, 1.54) is 4.31 Å². The van der Waals surface area contributed by atoms with Gasteiger partial charge in [0.25, 0.3) is 0 Å². The van der Waals surface area contributed by atoms with Gasteiger partial charge in [0, 0.05) is 18.4 Å². The predicted molar refractivity (Wildman–Crippen MR) is 78.1 cm³/mol. The Morgan fingerprint density at radius 2 is 2.16 bits per heavy atom. The Morgan fingerprint density at radius 3 is 2.79 bits per heavy atom. The number of benzene rings is 1. The van der Waals surface area contributed by atoms with Gasteiger partial charge in [-0.2, -0.15) is 4.31 Å². The molecule has 0 aliphatic carbocycles. The van der Waals surface area contributed by atoms with Gasteiger partial charge in [0.1, 0.15) is 0 Å². The number of nitrogens with zero attached hydrogens (tertiary/aromatic N) is 1. The van der Waals surface area contributed by atoms with Crippen molar-refractivity contribution in [3.8, 4) is 0 Å². The number of alkyl halides is 1. The Bertz CT molecular complexity index is 547. The lowest BCUT2D eigenvalue weighted by atomic mass is 10.2. The molecule has 4 nitrogen and oxygen atoms in total. The topological polar surface area (TPSA) is 46.6 Å². The molecule has 0 saturated carbocycles. The van der Waals surface area contributed by atoms with Crippen LogP contribution in [0.2, 0.25) is 0 Å². The fourth-order valence-corrected chi connectivity index (χ4v) is 4.22. The Balaban J connectivity index is 2.29. The third-order valence-electron chi connectivity index (χ3n) is 3.09. The van der Waals surface area contributed by atoms with E-state index >= 15 is 0 Å². The lowest BCUT2D eigenvalue weighted by Gasteiger charge is -2.35. The Hall–Kier alpha value is -0.430. The van der Waals surface area contributed by atoms with Gasteiger partial charge in [0.2, 0.25) is 10.0 Å². The molecule has 1 heterocycles. The molecule has 1 aromatic rings. The van der Waals surface area contributed by atoms with Gasteiger partial charge in [-0.25, -0.2) is 8.42 Å². The van der Waals surface area contributed by atoms with Gasteiger partial charge >= 0.3 is 0 Å². The van der Waals surface area contributed by atoms with E-state index in [2.05, 4.69) is 15.9 Å². The van der Waals surface area contributed by atoms with Gasteiger partial charge in [-0.3, -0.25) is 0 Å². The van der Waals surface area contributed by atoms with E-state index in [0.717, 1.165) is 5.56 Å². The molecule has 106 valence electrons. The Kier molecular flexibility index (Phi) is 4.66. The van der Waals surface area contributed by atoms with Crippen molar-refractivity contribution >= 4 is 26.0 Å². The Morgan fingerprint density at radius 1 is 1.42 bits per heavy atom. The third kappa shape index (κ3) is 3.37. The number of sulfonamides is 1. The molecule has 19 heavy (non-hydrogen) atoms. The summed E-state index contributed by atoms with van der Waals surface area (Å²) < 4.78 is 32.4. The smallest absolute Gasteiger partial charge is 0.243 e. The predicted octanol–water partition coefficient (Wildman–Crippen LogP) is 2.17. The number of morpholine rings is 1. The minimum absolute atomic E-state index is 0.0871. The molecule has 2 rings (SSSR count). The summed E-state index contributed by atoms with van der Waals surface area (Å²) in [5.41, 5.74) is 0.944.